The molecule has 2 N–H and O–H groups in total. The van der Waals surface area contributed by atoms with Gasteiger partial charge < -0.3 is 15.2 Å². The maximum Gasteiger partial charge on any atom is 0.407 e. The number of rotatable bonds is 2. The van der Waals surface area contributed by atoms with Gasteiger partial charge in [-0.2, -0.15) is 0 Å². The van der Waals surface area contributed by atoms with Crippen molar-refractivity contribution in [3.8, 4) is 0 Å². The molecule has 2 rings (SSSR count). The van der Waals surface area contributed by atoms with Crippen LogP contribution < -0.4 is 5.32 Å². The largest absolute Gasteiger partial charge is 0.481 e. The van der Waals surface area contributed by atoms with Gasteiger partial charge in [0.05, 0.1) is 5.92 Å². The number of fused-ring (bicyclic) bond motifs is 1. The van der Waals surface area contributed by atoms with E-state index in [4.69, 9.17) is 9.84 Å². The average molecular weight is 241 g/mol. The molecule has 0 aromatic heterocycles. The first kappa shape index (κ1) is 12.2. The highest BCUT2D eigenvalue weighted by Gasteiger charge is 2.62. The van der Waals surface area contributed by atoms with E-state index in [2.05, 4.69) is 5.32 Å². The molecule has 0 heterocycles. The van der Waals surface area contributed by atoms with Crippen molar-refractivity contribution in [3.05, 3.63) is 0 Å². The van der Waals surface area contributed by atoms with Gasteiger partial charge >= 0.3 is 12.1 Å². The molecule has 0 spiro atoms. The van der Waals surface area contributed by atoms with E-state index in [9.17, 15) is 9.59 Å². The third kappa shape index (κ3) is 2.53. The quantitative estimate of drug-likeness (QED) is 0.770. The van der Waals surface area contributed by atoms with Gasteiger partial charge in [-0.15, -0.1) is 0 Å². The average Bonchev–Trinajstić information content (AvgIpc) is 2.73. The van der Waals surface area contributed by atoms with Crippen LogP contribution in [0.1, 0.15) is 33.6 Å². The molecule has 5 nitrogen and oxygen atoms in total. The van der Waals surface area contributed by atoms with E-state index in [1.54, 1.807) is 20.8 Å². The van der Waals surface area contributed by atoms with Gasteiger partial charge in [-0.1, -0.05) is 0 Å². The summed E-state index contributed by atoms with van der Waals surface area (Å²) in [5.41, 5.74) is -0.516. The summed E-state index contributed by atoms with van der Waals surface area (Å²) in [6.07, 6.45) is 1.31. The number of carboxylic acids is 1. The standard InChI is InChI=1S/C12H19NO4/c1-12(2,3)17-11(16)13-7-5-4-6-8(7)9(6)10(14)15/h6-9H,4-5H2,1-3H3,(H,13,16)(H,14,15)/t6-,7+,8-,9+/m0/s1. The lowest BCUT2D eigenvalue weighted by Gasteiger charge is -2.22. The Morgan fingerprint density at radius 3 is 2.41 bits per heavy atom. The molecule has 2 aliphatic rings. The maximum atomic E-state index is 11.6. The fraction of sp³-hybridized carbons (Fsp3) is 0.833. The Hall–Kier alpha value is -1.26. The van der Waals surface area contributed by atoms with Crippen molar-refractivity contribution in [1.29, 1.82) is 0 Å². The second-order valence-electron chi connectivity index (χ2n) is 5.94. The highest BCUT2D eigenvalue weighted by molar-refractivity contribution is 5.75. The lowest BCUT2D eigenvalue weighted by atomic mass is 10.1. The molecular weight excluding hydrogens is 222 g/mol. The molecule has 0 bridgehead atoms. The maximum absolute atomic E-state index is 11.6. The lowest BCUT2D eigenvalue weighted by Crippen LogP contribution is -2.40. The van der Waals surface area contributed by atoms with E-state index in [1.807, 2.05) is 0 Å². The number of hydrogen-bond donors (Lipinski definition) is 2. The zero-order valence-electron chi connectivity index (χ0n) is 10.4. The summed E-state index contributed by atoms with van der Waals surface area (Å²) >= 11 is 0. The number of alkyl carbamates (subject to hydrolysis) is 1. The second kappa shape index (κ2) is 3.89. The SMILES string of the molecule is CC(C)(C)OC(=O)N[C@@H]1CC[C@@H]2[C@@H](C(=O)O)[C@@H]21. The molecule has 2 saturated carbocycles. The Balaban J connectivity index is 1.85. The van der Waals surface area contributed by atoms with Crippen molar-refractivity contribution < 1.29 is 19.4 Å². The Morgan fingerprint density at radius 2 is 1.94 bits per heavy atom. The van der Waals surface area contributed by atoms with Gasteiger partial charge in [0.15, 0.2) is 0 Å². The molecule has 0 unspecified atom stereocenters. The molecule has 0 aliphatic heterocycles. The fourth-order valence-electron chi connectivity index (χ4n) is 2.86. The zero-order chi connectivity index (χ0) is 12.8. The van der Waals surface area contributed by atoms with Crippen molar-refractivity contribution in [3.63, 3.8) is 0 Å². The summed E-state index contributed by atoms with van der Waals surface area (Å²) in [7, 11) is 0. The highest BCUT2D eigenvalue weighted by Crippen LogP contribution is 2.57. The van der Waals surface area contributed by atoms with Crippen LogP contribution >= 0.6 is 0 Å². The monoisotopic (exact) mass is 241 g/mol. The van der Waals surface area contributed by atoms with Crippen LogP contribution in [0.25, 0.3) is 0 Å². The molecule has 17 heavy (non-hydrogen) atoms. The molecule has 2 fully saturated rings. The fourth-order valence-corrected chi connectivity index (χ4v) is 2.86. The van der Waals surface area contributed by atoms with Crippen LogP contribution in [0.3, 0.4) is 0 Å². The van der Waals surface area contributed by atoms with Gasteiger partial charge in [0.1, 0.15) is 5.60 Å². The van der Waals surface area contributed by atoms with Gasteiger partial charge in [0.2, 0.25) is 0 Å². The van der Waals surface area contributed by atoms with Crippen LogP contribution in [0, 0.1) is 17.8 Å². The summed E-state index contributed by atoms with van der Waals surface area (Å²) in [4.78, 5) is 22.5. The van der Waals surface area contributed by atoms with Crippen LogP contribution in [-0.4, -0.2) is 28.8 Å². The first-order valence-corrected chi connectivity index (χ1v) is 6.02. The Labute approximate surface area is 101 Å². The minimum atomic E-state index is -0.740. The first-order chi connectivity index (χ1) is 7.79. The first-order valence-electron chi connectivity index (χ1n) is 6.02. The van der Waals surface area contributed by atoms with Crippen LogP contribution in [0.15, 0.2) is 0 Å². The molecule has 4 atom stereocenters. The number of carbonyl (C=O) groups is 2. The minimum absolute atomic E-state index is 0.0315. The number of nitrogens with one attached hydrogen (secondary N) is 1. The van der Waals surface area contributed by atoms with Gasteiger partial charge in [-0.05, 0) is 45.4 Å². The van der Waals surface area contributed by atoms with Crippen molar-refractivity contribution in [1.82, 2.24) is 5.32 Å². The molecule has 0 radical (unpaired) electrons. The number of amides is 1. The lowest BCUT2D eigenvalue weighted by molar-refractivity contribution is -0.139. The number of aliphatic carboxylic acids is 1. The van der Waals surface area contributed by atoms with Crippen molar-refractivity contribution >= 4 is 12.1 Å². The summed E-state index contributed by atoms with van der Waals surface area (Å²) in [6, 6.07) is -0.0315. The normalized spacial score (nSPS) is 35.0. The molecule has 0 aromatic rings. The number of ether oxygens (including phenoxy) is 1. The van der Waals surface area contributed by atoms with Crippen molar-refractivity contribution in [2.24, 2.45) is 17.8 Å². The van der Waals surface area contributed by atoms with E-state index < -0.39 is 17.7 Å². The van der Waals surface area contributed by atoms with Crippen LogP contribution in [0.4, 0.5) is 4.79 Å². The van der Waals surface area contributed by atoms with Gasteiger partial charge in [-0.25, -0.2) is 4.79 Å². The predicted octanol–water partition coefficient (Wildman–Crippen LogP) is 1.62. The third-order valence-electron chi connectivity index (χ3n) is 3.49. The van der Waals surface area contributed by atoms with E-state index in [1.165, 1.54) is 0 Å². The molecule has 5 heteroatoms. The predicted molar refractivity (Wildman–Crippen MR) is 60.5 cm³/mol. The number of carbonyl (C=O) groups excluding carboxylic acids is 1. The molecule has 0 aromatic carbocycles. The summed E-state index contributed by atoms with van der Waals surface area (Å²) in [5.74, 6) is -0.633. The van der Waals surface area contributed by atoms with Crippen molar-refractivity contribution in [2.45, 2.75) is 45.3 Å². The Morgan fingerprint density at radius 1 is 1.29 bits per heavy atom. The van der Waals surface area contributed by atoms with Crippen molar-refractivity contribution in [2.75, 3.05) is 0 Å². The number of hydrogen-bond acceptors (Lipinski definition) is 3. The van der Waals surface area contributed by atoms with E-state index >= 15 is 0 Å². The minimum Gasteiger partial charge on any atom is -0.481 e. The number of carboxylic acid groups (broad SMARTS) is 1. The van der Waals surface area contributed by atoms with E-state index in [-0.39, 0.29) is 23.8 Å². The zero-order valence-corrected chi connectivity index (χ0v) is 10.4. The van der Waals surface area contributed by atoms with Crippen LogP contribution in [0.2, 0.25) is 0 Å². The van der Waals surface area contributed by atoms with E-state index in [0.29, 0.717) is 0 Å². The smallest absolute Gasteiger partial charge is 0.407 e. The summed E-state index contributed by atoms with van der Waals surface area (Å²) < 4.78 is 5.16. The Kier molecular flexibility index (Phi) is 2.79. The summed E-state index contributed by atoms with van der Waals surface area (Å²) in [5, 5.41) is 11.7. The van der Waals surface area contributed by atoms with Gasteiger partial charge in [-0.3, -0.25) is 4.79 Å². The summed E-state index contributed by atoms with van der Waals surface area (Å²) in [6.45, 7) is 5.42. The third-order valence-corrected chi connectivity index (χ3v) is 3.49. The van der Waals surface area contributed by atoms with Gasteiger partial charge in [0, 0.05) is 6.04 Å². The molecule has 2 aliphatic carbocycles. The van der Waals surface area contributed by atoms with Crippen LogP contribution in [0.5, 0.6) is 0 Å². The van der Waals surface area contributed by atoms with E-state index in [0.717, 1.165) is 12.8 Å². The van der Waals surface area contributed by atoms with Gasteiger partial charge in [0.25, 0.3) is 0 Å². The molecular formula is C12H19NO4. The Bertz CT molecular complexity index is 347. The molecule has 1 amide bonds. The topological polar surface area (TPSA) is 75.6 Å². The van der Waals surface area contributed by atoms with Crippen LogP contribution in [-0.2, 0) is 9.53 Å². The highest BCUT2D eigenvalue weighted by atomic mass is 16.6. The second-order valence-corrected chi connectivity index (χ2v) is 5.94. The molecule has 96 valence electrons. The molecule has 0 saturated heterocycles.